The maximum atomic E-state index is 13.3. The number of hydrogen-bond acceptors (Lipinski definition) is 7. The Morgan fingerprint density at radius 2 is 1.88 bits per heavy atom. The zero-order valence-corrected chi connectivity index (χ0v) is 16.5. The minimum absolute atomic E-state index is 0.179. The quantitative estimate of drug-likeness (QED) is 0.664. The standard InChI is InChI=1S/C15H19ClN3O4PS/c1-4-22-24(21,23-5-2)15(11-6-8-12(16)9-7-11)17-14(20)13-10(3)18-19-25-13/h6-9,15H,4-5H2,1-3H3,(H,17,20). The van der Waals surface area contributed by atoms with E-state index in [1.807, 2.05) is 0 Å². The van der Waals surface area contributed by atoms with Crippen molar-refractivity contribution in [2.75, 3.05) is 13.2 Å². The second kappa shape index (κ2) is 8.87. The topological polar surface area (TPSA) is 90.4 Å². The minimum Gasteiger partial charge on any atom is -0.333 e. The lowest BCUT2D eigenvalue weighted by Gasteiger charge is -2.27. The van der Waals surface area contributed by atoms with Crippen LogP contribution in [0.1, 0.15) is 40.6 Å². The zero-order valence-electron chi connectivity index (χ0n) is 14.1. The van der Waals surface area contributed by atoms with E-state index in [9.17, 15) is 9.36 Å². The summed E-state index contributed by atoms with van der Waals surface area (Å²) >= 11 is 6.90. The van der Waals surface area contributed by atoms with E-state index in [1.54, 1.807) is 45.0 Å². The van der Waals surface area contributed by atoms with Crippen LogP contribution in [0.3, 0.4) is 0 Å². The first kappa shape index (κ1) is 20.0. The molecule has 0 saturated carbocycles. The summed E-state index contributed by atoms with van der Waals surface area (Å²) in [6.07, 6.45) is 0. The number of rotatable bonds is 8. The van der Waals surface area contributed by atoms with Crippen LogP contribution in [0.15, 0.2) is 24.3 Å². The number of aryl methyl sites for hydroxylation is 1. The van der Waals surface area contributed by atoms with Gasteiger partial charge in [0.25, 0.3) is 5.91 Å². The Morgan fingerprint density at radius 1 is 1.28 bits per heavy atom. The molecule has 0 radical (unpaired) electrons. The number of carbonyl (C=O) groups excluding carboxylic acids is 1. The average molecular weight is 404 g/mol. The maximum absolute atomic E-state index is 13.3. The summed E-state index contributed by atoms with van der Waals surface area (Å²) < 4.78 is 27.9. The second-order valence-electron chi connectivity index (χ2n) is 4.99. The minimum atomic E-state index is -3.65. The van der Waals surface area contributed by atoms with Gasteiger partial charge >= 0.3 is 7.60 Å². The van der Waals surface area contributed by atoms with E-state index in [-0.39, 0.29) is 13.2 Å². The molecule has 7 nitrogen and oxygen atoms in total. The summed E-state index contributed by atoms with van der Waals surface area (Å²) in [6, 6.07) is 6.65. The number of carbonyl (C=O) groups is 1. The Balaban J connectivity index is 2.41. The number of nitrogens with zero attached hydrogens (tertiary/aromatic N) is 2. The van der Waals surface area contributed by atoms with Crippen LogP contribution in [0.5, 0.6) is 0 Å². The molecule has 1 atom stereocenters. The molecule has 1 aromatic heterocycles. The molecule has 0 aliphatic rings. The summed E-state index contributed by atoms with van der Waals surface area (Å²) in [4.78, 5) is 12.9. The second-order valence-corrected chi connectivity index (χ2v) is 8.29. The Kier molecular flexibility index (Phi) is 7.10. The van der Waals surface area contributed by atoms with Gasteiger partial charge in [0.2, 0.25) is 0 Å². The van der Waals surface area contributed by atoms with Crippen molar-refractivity contribution in [2.24, 2.45) is 0 Å². The Hall–Kier alpha value is -1.31. The number of halogens is 1. The van der Waals surface area contributed by atoms with Gasteiger partial charge in [0, 0.05) is 5.02 Å². The predicted molar refractivity (Wildman–Crippen MR) is 97.2 cm³/mol. The third-order valence-corrected chi connectivity index (χ3v) is 6.62. The first-order chi connectivity index (χ1) is 11.9. The molecule has 0 bridgehead atoms. The molecule has 1 aromatic carbocycles. The van der Waals surface area contributed by atoms with Crippen LogP contribution >= 0.6 is 30.7 Å². The van der Waals surface area contributed by atoms with Gasteiger partial charge < -0.3 is 14.4 Å². The molecular formula is C15H19ClN3O4PS. The molecular weight excluding hydrogens is 385 g/mol. The largest absolute Gasteiger partial charge is 0.357 e. The lowest BCUT2D eigenvalue weighted by Crippen LogP contribution is -2.29. The van der Waals surface area contributed by atoms with Gasteiger partial charge in [-0.25, -0.2) is 0 Å². The maximum Gasteiger partial charge on any atom is 0.357 e. The fourth-order valence-corrected chi connectivity index (χ4v) is 4.76. The summed E-state index contributed by atoms with van der Waals surface area (Å²) in [5.74, 6) is -1.41. The first-order valence-corrected chi connectivity index (χ1v) is 10.4. The highest BCUT2D eigenvalue weighted by Crippen LogP contribution is 2.59. The molecule has 136 valence electrons. The van der Waals surface area contributed by atoms with Gasteiger partial charge in [0.15, 0.2) is 5.78 Å². The normalized spacial score (nSPS) is 12.8. The van der Waals surface area contributed by atoms with E-state index in [0.717, 1.165) is 11.5 Å². The monoisotopic (exact) mass is 403 g/mol. The van der Waals surface area contributed by atoms with Crippen LogP contribution < -0.4 is 5.32 Å². The van der Waals surface area contributed by atoms with Crippen LogP contribution in [0, 0.1) is 6.92 Å². The van der Waals surface area contributed by atoms with E-state index >= 15 is 0 Å². The van der Waals surface area contributed by atoms with E-state index in [2.05, 4.69) is 14.9 Å². The highest BCUT2D eigenvalue weighted by molar-refractivity contribution is 7.54. The van der Waals surface area contributed by atoms with Gasteiger partial charge in [0.1, 0.15) is 4.88 Å². The van der Waals surface area contributed by atoms with Gasteiger partial charge in [-0.15, -0.1) is 5.10 Å². The van der Waals surface area contributed by atoms with Crippen LogP contribution in [0.4, 0.5) is 0 Å². The van der Waals surface area contributed by atoms with Gasteiger partial charge in [-0.1, -0.05) is 28.2 Å². The number of amides is 1. The third kappa shape index (κ3) is 4.86. The Labute approximate surface area is 155 Å². The van der Waals surface area contributed by atoms with Crippen molar-refractivity contribution >= 4 is 36.6 Å². The SMILES string of the molecule is CCOP(=O)(OCC)C(NC(=O)c1snnc1C)c1ccc(Cl)cc1. The van der Waals surface area contributed by atoms with E-state index in [0.29, 0.717) is 21.2 Å². The zero-order chi connectivity index (χ0) is 18.4. The van der Waals surface area contributed by atoms with Gasteiger partial charge in [-0.3, -0.25) is 9.36 Å². The van der Waals surface area contributed by atoms with Gasteiger partial charge in [-0.2, -0.15) is 0 Å². The Morgan fingerprint density at radius 3 is 2.36 bits per heavy atom. The third-order valence-electron chi connectivity index (χ3n) is 3.25. The molecule has 1 unspecified atom stereocenters. The van der Waals surface area contributed by atoms with Crippen molar-refractivity contribution in [2.45, 2.75) is 26.6 Å². The van der Waals surface area contributed by atoms with Gasteiger partial charge in [0.05, 0.1) is 18.9 Å². The molecule has 2 rings (SSSR count). The van der Waals surface area contributed by atoms with Crippen molar-refractivity contribution in [1.29, 1.82) is 0 Å². The van der Waals surface area contributed by atoms with Crippen LogP contribution in [-0.2, 0) is 13.6 Å². The lowest BCUT2D eigenvalue weighted by molar-refractivity contribution is 0.0940. The van der Waals surface area contributed by atoms with Crippen LogP contribution in [-0.4, -0.2) is 28.7 Å². The molecule has 1 heterocycles. The molecule has 10 heteroatoms. The summed E-state index contributed by atoms with van der Waals surface area (Å²) in [6.45, 7) is 5.46. The van der Waals surface area contributed by atoms with E-state index in [4.69, 9.17) is 20.6 Å². The molecule has 0 aliphatic heterocycles. The van der Waals surface area contributed by atoms with Crippen molar-refractivity contribution in [1.82, 2.24) is 14.9 Å². The number of hydrogen-bond donors (Lipinski definition) is 1. The number of benzene rings is 1. The molecule has 25 heavy (non-hydrogen) atoms. The van der Waals surface area contributed by atoms with Crippen LogP contribution in [0.25, 0.3) is 0 Å². The number of nitrogens with one attached hydrogen (secondary N) is 1. The number of aromatic nitrogens is 2. The highest BCUT2D eigenvalue weighted by Gasteiger charge is 2.38. The molecule has 2 aromatic rings. The van der Waals surface area contributed by atoms with Gasteiger partial charge in [-0.05, 0) is 50.0 Å². The lowest BCUT2D eigenvalue weighted by atomic mass is 10.2. The smallest absolute Gasteiger partial charge is 0.333 e. The molecule has 0 fully saturated rings. The van der Waals surface area contributed by atoms with Crippen molar-refractivity contribution in [3.63, 3.8) is 0 Å². The Bertz CT molecular complexity index is 758. The molecule has 0 aliphatic carbocycles. The molecule has 0 spiro atoms. The molecule has 1 amide bonds. The fraction of sp³-hybridized carbons (Fsp3) is 0.400. The van der Waals surface area contributed by atoms with E-state index < -0.39 is 19.3 Å². The predicted octanol–water partition coefficient (Wildman–Crippen LogP) is 4.19. The average Bonchev–Trinajstić information content (AvgIpc) is 3.00. The van der Waals surface area contributed by atoms with Crippen LogP contribution in [0.2, 0.25) is 5.02 Å². The molecule has 0 saturated heterocycles. The van der Waals surface area contributed by atoms with E-state index in [1.165, 1.54) is 0 Å². The summed E-state index contributed by atoms with van der Waals surface area (Å²) in [7, 11) is -3.65. The molecule has 1 N–H and O–H groups in total. The summed E-state index contributed by atoms with van der Waals surface area (Å²) in [5, 5.41) is 7.09. The first-order valence-electron chi connectivity index (χ1n) is 7.65. The fourth-order valence-electron chi connectivity index (χ4n) is 2.17. The van der Waals surface area contributed by atoms with Crippen molar-refractivity contribution < 1.29 is 18.4 Å². The van der Waals surface area contributed by atoms with Crippen molar-refractivity contribution in [3.05, 3.63) is 45.4 Å². The highest BCUT2D eigenvalue weighted by atomic mass is 35.5. The summed E-state index contributed by atoms with van der Waals surface area (Å²) in [5.41, 5.74) is 1.07. The van der Waals surface area contributed by atoms with Crippen molar-refractivity contribution in [3.8, 4) is 0 Å².